The lowest BCUT2D eigenvalue weighted by Gasteiger charge is -2.09. The number of nitrogens with one attached hydrogen (secondary N) is 1. The molecule has 0 aliphatic rings. The number of aromatic amines is 1. The van der Waals surface area contributed by atoms with E-state index in [1.165, 1.54) is 26.4 Å². The predicted molar refractivity (Wildman–Crippen MR) is 127 cm³/mol. The maximum absolute atomic E-state index is 14.1. The molecule has 0 saturated heterocycles. The maximum Gasteiger partial charge on any atom is 0.433 e. The third-order valence-electron chi connectivity index (χ3n) is 5.69. The average Bonchev–Trinajstić information content (AvgIpc) is 3.49. The molecular weight excluding hydrogens is 493 g/mol. The van der Waals surface area contributed by atoms with Crippen LogP contribution in [0, 0.1) is 0 Å². The van der Waals surface area contributed by atoms with E-state index in [4.69, 9.17) is 18.6 Å². The third-order valence-corrected chi connectivity index (χ3v) is 5.69. The molecule has 9 nitrogen and oxygen atoms in total. The van der Waals surface area contributed by atoms with Gasteiger partial charge in [-0.2, -0.15) is 17.7 Å². The normalized spacial score (nSPS) is 12.0. The van der Waals surface area contributed by atoms with Crippen LogP contribution < -0.4 is 10.3 Å². The number of alkyl halides is 3. The monoisotopic (exact) mass is 514 g/mol. The van der Waals surface area contributed by atoms with Crippen molar-refractivity contribution >= 4 is 16.7 Å². The van der Waals surface area contributed by atoms with Crippen molar-refractivity contribution in [3.05, 3.63) is 70.3 Å². The minimum atomic E-state index is -4.79. The Morgan fingerprint density at radius 1 is 1.00 bits per heavy atom. The number of rotatable bonds is 8. The highest BCUT2D eigenvalue weighted by atomic mass is 19.4. The third kappa shape index (κ3) is 4.45. The summed E-state index contributed by atoms with van der Waals surface area (Å²) >= 11 is 0. The molecule has 37 heavy (non-hydrogen) atoms. The molecule has 0 aliphatic heterocycles. The van der Waals surface area contributed by atoms with Crippen molar-refractivity contribution in [2.75, 3.05) is 27.4 Å². The second-order valence-corrected chi connectivity index (χ2v) is 7.99. The van der Waals surface area contributed by atoms with Gasteiger partial charge in [-0.3, -0.25) is 9.89 Å². The van der Waals surface area contributed by atoms with E-state index < -0.39 is 17.4 Å². The highest BCUT2D eigenvalue weighted by molar-refractivity contribution is 5.84. The summed E-state index contributed by atoms with van der Waals surface area (Å²) in [6.45, 7) is 0.250. The van der Waals surface area contributed by atoms with Crippen LogP contribution in [-0.2, 0) is 22.3 Å². The smallest absolute Gasteiger partial charge is 0.433 e. The predicted octanol–water partition coefficient (Wildman–Crippen LogP) is 4.69. The van der Waals surface area contributed by atoms with E-state index in [1.54, 1.807) is 36.4 Å². The van der Waals surface area contributed by atoms with Gasteiger partial charge >= 0.3 is 6.18 Å². The minimum Gasteiger partial charge on any atom is -0.494 e. The molecule has 5 aromatic rings. The van der Waals surface area contributed by atoms with Crippen LogP contribution in [0.5, 0.6) is 5.75 Å². The standard InChI is InChI=1S/C25H21F3N4O5/c1-34-11-12-36-13-15-19(23-30-20-16(35-2)9-6-10-17(20)37-23)24(33)32-22(29-15)18(14-7-4-3-5-8-14)21(31-32)25(26,27)28/h3-10,31H,11-13H2,1-2H3. The molecule has 1 N–H and O–H groups in total. The van der Waals surface area contributed by atoms with Crippen molar-refractivity contribution in [2.45, 2.75) is 12.8 Å². The van der Waals surface area contributed by atoms with E-state index in [0.29, 0.717) is 16.8 Å². The van der Waals surface area contributed by atoms with E-state index >= 15 is 0 Å². The fourth-order valence-corrected chi connectivity index (χ4v) is 4.02. The van der Waals surface area contributed by atoms with E-state index in [0.717, 1.165) is 4.52 Å². The van der Waals surface area contributed by atoms with Crippen LogP contribution in [-0.4, -0.2) is 47.0 Å². The van der Waals surface area contributed by atoms with Gasteiger partial charge in [-0.1, -0.05) is 36.4 Å². The Bertz CT molecular complexity index is 1620. The van der Waals surface area contributed by atoms with Crippen molar-refractivity contribution in [1.29, 1.82) is 0 Å². The molecule has 0 fully saturated rings. The second-order valence-electron chi connectivity index (χ2n) is 7.99. The Kier molecular flexibility index (Phi) is 6.44. The summed E-state index contributed by atoms with van der Waals surface area (Å²) in [5.41, 5.74) is -1.54. The molecule has 0 unspecified atom stereocenters. The molecule has 3 aromatic heterocycles. The number of ether oxygens (including phenoxy) is 3. The van der Waals surface area contributed by atoms with Crippen LogP contribution >= 0.6 is 0 Å². The van der Waals surface area contributed by atoms with E-state index in [1.807, 2.05) is 0 Å². The van der Waals surface area contributed by atoms with Gasteiger partial charge in [-0.25, -0.2) is 9.97 Å². The molecule has 3 heterocycles. The molecule has 192 valence electrons. The molecule has 5 rings (SSSR count). The second kappa shape index (κ2) is 9.71. The van der Waals surface area contributed by atoms with Gasteiger partial charge in [0.25, 0.3) is 5.56 Å². The van der Waals surface area contributed by atoms with Crippen LogP contribution in [0.4, 0.5) is 13.2 Å². The summed E-state index contributed by atoms with van der Waals surface area (Å²) in [4.78, 5) is 22.6. The zero-order valence-electron chi connectivity index (χ0n) is 19.8. The first-order chi connectivity index (χ1) is 17.8. The summed E-state index contributed by atoms with van der Waals surface area (Å²) in [6, 6.07) is 12.9. The topological polar surface area (TPSA) is 104 Å². The van der Waals surface area contributed by atoms with E-state index in [-0.39, 0.29) is 53.7 Å². The van der Waals surface area contributed by atoms with Crippen LogP contribution in [0.15, 0.2) is 57.7 Å². The zero-order chi connectivity index (χ0) is 26.2. The van der Waals surface area contributed by atoms with Crippen molar-refractivity contribution in [3.8, 4) is 28.3 Å². The Hall–Kier alpha value is -4.16. The number of hydrogen-bond donors (Lipinski definition) is 1. The molecule has 0 spiro atoms. The zero-order valence-corrected chi connectivity index (χ0v) is 19.8. The van der Waals surface area contributed by atoms with Gasteiger partial charge in [0, 0.05) is 7.11 Å². The number of nitrogens with zero attached hydrogens (tertiary/aromatic N) is 3. The van der Waals surface area contributed by atoms with Crippen LogP contribution in [0.2, 0.25) is 0 Å². The Balaban J connectivity index is 1.79. The van der Waals surface area contributed by atoms with Gasteiger partial charge in [-0.15, -0.1) is 0 Å². The molecular formula is C25H21F3N4O5. The molecule has 2 aromatic carbocycles. The van der Waals surface area contributed by atoms with E-state index in [9.17, 15) is 18.0 Å². The number of H-pyrrole nitrogens is 1. The molecule has 0 aliphatic carbocycles. The van der Waals surface area contributed by atoms with Crippen molar-refractivity contribution < 1.29 is 31.8 Å². The first-order valence-electron chi connectivity index (χ1n) is 11.1. The van der Waals surface area contributed by atoms with Gasteiger partial charge in [-0.05, 0) is 17.7 Å². The van der Waals surface area contributed by atoms with Crippen molar-refractivity contribution in [3.63, 3.8) is 0 Å². The summed E-state index contributed by atoms with van der Waals surface area (Å²) in [5.74, 6) is 0.284. The molecule has 0 radical (unpaired) electrons. The van der Waals surface area contributed by atoms with Gasteiger partial charge in [0.05, 0.1) is 38.2 Å². The molecule has 0 saturated carbocycles. The summed E-state index contributed by atoms with van der Waals surface area (Å²) in [6.07, 6.45) is -4.79. The molecule has 0 bridgehead atoms. The summed E-state index contributed by atoms with van der Waals surface area (Å²) in [5, 5.41) is 2.20. The molecule has 0 atom stereocenters. The Morgan fingerprint density at radius 2 is 1.78 bits per heavy atom. The number of fused-ring (bicyclic) bond motifs is 2. The van der Waals surface area contributed by atoms with Gasteiger partial charge < -0.3 is 18.6 Å². The summed E-state index contributed by atoms with van der Waals surface area (Å²) < 4.78 is 64.7. The van der Waals surface area contributed by atoms with Gasteiger partial charge in [0.2, 0.25) is 5.89 Å². The number of halogens is 3. The Labute approximate surface area is 207 Å². The summed E-state index contributed by atoms with van der Waals surface area (Å²) in [7, 11) is 2.96. The van der Waals surface area contributed by atoms with Crippen molar-refractivity contribution in [1.82, 2.24) is 19.6 Å². The van der Waals surface area contributed by atoms with Crippen LogP contribution in [0.3, 0.4) is 0 Å². The lowest BCUT2D eigenvalue weighted by Crippen LogP contribution is -2.21. The van der Waals surface area contributed by atoms with Crippen LogP contribution in [0.1, 0.15) is 11.4 Å². The fourth-order valence-electron chi connectivity index (χ4n) is 4.02. The average molecular weight is 514 g/mol. The lowest BCUT2D eigenvalue weighted by atomic mass is 10.1. The SMILES string of the molecule is COCCOCc1nc2c(-c3ccccc3)c(C(F)(F)F)[nH]n2c(=O)c1-c1nc2c(OC)cccc2o1. The minimum absolute atomic E-state index is 0.0662. The molecule has 0 amide bonds. The quantitative estimate of drug-likeness (QED) is 0.300. The van der Waals surface area contributed by atoms with Gasteiger partial charge in [0.1, 0.15) is 17.0 Å². The Morgan fingerprint density at radius 3 is 2.49 bits per heavy atom. The highest BCUT2D eigenvalue weighted by Gasteiger charge is 2.39. The fraction of sp³-hybridized carbons (Fsp3) is 0.240. The number of aromatic nitrogens is 4. The number of para-hydroxylation sites is 1. The molecule has 12 heteroatoms. The largest absolute Gasteiger partial charge is 0.494 e. The lowest BCUT2D eigenvalue weighted by molar-refractivity contribution is -0.140. The first kappa shape index (κ1) is 24.5. The number of methoxy groups -OCH3 is 2. The maximum atomic E-state index is 14.1. The van der Waals surface area contributed by atoms with E-state index in [2.05, 4.69) is 15.1 Å². The van der Waals surface area contributed by atoms with Crippen LogP contribution in [0.25, 0.3) is 39.3 Å². The van der Waals surface area contributed by atoms with Crippen molar-refractivity contribution in [2.24, 2.45) is 0 Å². The highest BCUT2D eigenvalue weighted by Crippen LogP contribution is 2.39. The number of benzene rings is 2. The number of oxazole rings is 1. The number of hydrogen-bond acceptors (Lipinski definition) is 7. The first-order valence-corrected chi connectivity index (χ1v) is 11.1. The van der Waals surface area contributed by atoms with Gasteiger partial charge in [0.15, 0.2) is 16.7 Å².